The summed E-state index contributed by atoms with van der Waals surface area (Å²) in [5, 5.41) is 4.76. The molecule has 2 heterocycles. The van der Waals surface area contributed by atoms with Crippen molar-refractivity contribution in [2.75, 3.05) is 33.3 Å². The maximum absolute atomic E-state index is 13.6. The largest absolute Gasteiger partial charge is 0.497 e. The molecule has 0 spiro atoms. The number of hydrogen-bond acceptors (Lipinski definition) is 4. The molecule has 7 heteroatoms. The van der Waals surface area contributed by atoms with E-state index in [4.69, 9.17) is 9.84 Å². The Balaban J connectivity index is 1.62. The molecule has 0 aliphatic carbocycles. The summed E-state index contributed by atoms with van der Waals surface area (Å²) in [5.74, 6) is 0.782. The quantitative estimate of drug-likeness (QED) is 0.610. The Morgan fingerprint density at radius 1 is 0.879 bits per heavy atom. The third-order valence-corrected chi connectivity index (χ3v) is 5.82. The summed E-state index contributed by atoms with van der Waals surface area (Å²) in [7, 11) is 1.62. The minimum Gasteiger partial charge on any atom is -0.497 e. The number of carbonyl (C=O) groups is 2. The van der Waals surface area contributed by atoms with Crippen LogP contribution >= 0.6 is 0 Å². The topological polar surface area (TPSA) is 67.7 Å². The molecule has 1 fully saturated rings. The summed E-state index contributed by atoms with van der Waals surface area (Å²) >= 11 is 0. The van der Waals surface area contributed by atoms with Crippen molar-refractivity contribution in [2.24, 2.45) is 5.41 Å². The molecule has 3 aromatic rings. The van der Waals surface area contributed by atoms with E-state index in [-0.39, 0.29) is 11.8 Å². The van der Waals surface area contributed by atoms with E-state index in [0.717, 1.165) is 17.0 Å². The van der Waals surface area contributed by atoms with Crippen molar-refractivity contribution in [1.82, 2.24) is 19.6 Å². The predicted octanol–water partition coefficient (Wildman–Crippen LogP) is 3.88. The van der Waals surface area contributed by atoms with Crippen LogP contribution in [0.1, 0.15) is 31.1 Å². The van der Waals surface area contributed by atoms with E-state index in [1.165, 1.54) is 0 Å². The van der Waals surface area contributed by atoms with Crippen molar-refractivity contribution >= 4 is 11.8 Å². The van der Waals surface area contributed by atoms with E-state index in [9.17, 15) is 9.59 Å². The van der Waals surface area contributed by atoms with Crippen molar-refractivity contribution < 1.29 is 14.3 Å². The molecule has 1 saturated heterocycles. The number of carbonyl (C=O) groups excluding carboxylic acids is 2. The molecule has 0 radical (unpaired) electrons. The van der Waals surface area contributed by atoms with E-state index in [2.05, 4.69) is 0 Å². The van der Waals surface area contributed by atoms with Gasteiger partial charge >= 0.3 is 0 Å². The third-order valence-electron chi connectivity index (χ3n) is 5.82. The molecular weight excluding hydrogens is 416 g/mol. The number of ether oxygens (including phenoxy) is 1. The second-order valence-corrected chi connectivity index (χ2v) is 9.23. The first-order valence-electron chi connectivity index (χ1n) is 11.2. The van der Waals surface area contributed by atoms with Gasteiger partial charge in [0.15, 0.2) is 0 Å². The van der Waals surface area contributed by atoms with Gasteiger partial charge in [0.1, 0.15) is 11.4 Å². The smallest absolute Gasteiger partial charge is 0.257 e. The highest BCUT2D eigenvalue weighted by Crippen LogP contribution is 2.27. The van der Waals surface area contributed by atoms with Crippen LogP contribution in [0.25, 0.3) is 16.9 Å². The first-order valence-corrected chi connectivity index (χ1v) is 11.2. The van der Waals surface area contributed by atoms with Crippen LogP contribution in [0.4, 0.5) is 0 Å². The molecule has 1 aliphatic heterocycles. The zero-order chi connectivity index (χ0) is 23.6. The molecular formula is C26H30N4O3. The van der Waals surface area contributed by atoms with Gasteiger partial charge in [0.25, 0.3) is 5.91 Å². The minimum absolute atomic E-state index is 0.0779. The van der Waals surface area contributed by atoms with E-state index in [1.807, 2.05) is 85.2 Å². The molecule has 2 aromatic carbocycles. The number of benzene rings is 2. The minimum atomic E-state index is -0.426. The van der Waals surface area contributed by atoms with Gasteiger partial charge in [-0.05, 0) is 36.4 Å². The fraction of sp³-hybridized carbons (Fsp3) is 0.346. The number of hydrogen-bond donors (Lipinski definition) is 0. The Hall–Kier alpha value is -3.61. The van der Waals surface area contributed by atoms with Gasteiger partial charge in [0.05, 0.1) is 18.4 Å². The lowest BCUT2D eigenvalue weighted by molar-refractivity contribution is -0.140. The maximum atomic E-state index is 13.6. The van der Waals surface area contributed by atoms with Crippen molar-refractivity contribution in [3.63, 3.8) is 0 Å². The second-order valence-electron chi connectivity index (χ2n) is 9.23. The lowest BCUT2D eigenvalue weighted by atomic mass is 9.94. The average molecular weight is 447 g/mol. The summed E-state index contributed by atoms with van der Waals surface area (Å²) in [5.41, 5.74) is 2.46. The average Bonchev–Trinajstić information content (AvgIpc) is 3.29. The highest BCUT2D eigenvalue weighted by Gasteiger charge is 2.32. The predicted molar refractivity (Wildman–Crippen MR) is 127 cm³/mol. The van der Waals surface area contributed by atoms with Crippen molar-refractivity contribution in [3.05, 3.63) is 66.4 Å². The van der Waals surface area contributed by atoms with Crippen LogP contribution in [0.5, 0.6) is 5.75 Å². The summed E-state index contributed by atoms with van der Waals surface area (Å²) in [6.07, 6.45) is 1.80. The van der Waals surface area contributed by atoms with E-state index in [1.54, 1.807) is 18.0 Å². The van der Waals surface area contributed by atoms with Crippen LogP contribution in [0.15, 0.2) is 60.8 Å². The van der Waals surface area contributed by atoms with Gasteiger partial charge < -0.3 is 14.5 Å². The Labute approximate surface area is 194 Å². The van der Waals surface area contributed by atoms with Crippen molar-refractivity contribution in [1.29, 1.82) is 0 Å². The van der Waals surface area contributed by atoms with Crippen LogP contribution in [0.3, 0.4) is 0 Å². The highest BCUT2D eigenvalue weighted by atomic mass is 16.5. The van der Waals surface area contributed by atoms with Crippen LogP contribution < -0.4 is 4.74 Å². The second kappa shape index (κ2) is 9.10. The van der Waals surface area contributed by atoms with E-state index in [0.29, 0.717) is 37.4 Å². The van der Waals surface area contributed by atoms with Crippen molar-refractivity contribution in [3.8, 4) is 22.7 Å². The van der Waals surface area contributed by atoms with Crippen LogP contribution in [-0.4, -0.2) is 64.7 Å². The fourth-order valence-electron chi connectivity index (χ4n) is 3.96. The Morgan fingerprint density at radius 2 is 1.48 bits per heavy atom. The third kappa shape index (κ3) is 4.77. The maximum Gasteiger partial charge on any atom is 0.257 e. The molecule has 0 saturated carbocycles. The summed E-state index contributed by atoms with van der Waals surface area (Å²) in [4.78, 5) is 29.9. The standard InChI is InChI=1S/C26H30N4O3/c1-26(2,3)25(32)29-16-14-28(15-17-29)24(31)22-18-30(20-8-6-5-7-9-20)27-23(22)19-10-12-21(33-4)13-11-19/h5-13,18H,14-17H2,1-4H3. The number of amides is 2. The number of methoxy groups -OCH3 is 1. The molecule has 2 amide bonds. The molecule has 0 bridgehead atoms. The lowest BCUT2D eigenvalue weighted by Gasteiger charge is -2.37. The highest BCUT2D eigenvalue weighted by molar-refractivity contribution is 6.00. The number of nitrogens with zero attached hydrogens (tertiary/aromatic N) is 4. The molecule has 33 heavy (non-hydrogen) atoms. The molecule has 0 unspecified atom stereocenters. The molecule has 0 atom stereocenters. The van der Waals surface area contributed by atoms with Crippen LogP contribution in [0, 0.1) is 5.41 Å². The summed E-state index contributed by atoms with van der Waals surface area (Å²) in [6, 6.07) is 17.3. The fourth-order valence-corrected chi connectivity index (χ4v) is 3.96. The van der Waals surface area contributed by atoms with Gasteiger partial charge in [-0.25, -0.2) is 4.68 Å². The lowest BCUT2D eigenvalue weighted by Crippen LogP contribution is -2.53. The zero-order valence-corrected chi connectivity index (χ0v) is 19.6. The van der Waals surface area contributed by atoms with E-state index >= 15 is 0 Å². The number of rotatable bonds is 4. The Bertz CT molecular complexity index is 1120. The molecule has 4 rings (SSSR count). The van der Waals surface area contributed by atoms with Gasteiger partial charge in [-0.15, -0.1) is 0 Å². The van der Waals surface area contributed by atoms with Gasteiger partial charge in [-0.2, -0.15) is 5.10 Å². The number of para-hydroxylation sites is 1. The normalized spacial score (nSPS) is 14.3. The van der Waals surface area contributed by atoms with Crippen LogP contribution in [0.2, 0.25) is 0 Å². The van der Waals surface area contributed by atoms with Crippen molar-refractivity contribution in [2.45, 2.75) is 20.8 Å². The molecule has 172 valence electrons. The van der Waals surface area contributed by atoms with Gasteiger partial charge in [0, 0.05) is 43.4 Å². The van der Waals surface area contributed by atoms with E-state index < -0.39 is 5.41 Å². The zero-order valence-electron chi connectivity index (χ0n) is 19.6. The van der Waals surface area contributed by atoms with Gasteiger partial charge in [-0.1, -0.05) is 39.0 Å². The monoisotopic (exact) mass is 446 g/mol. The molecule has 7 nitrogen and oxygen atoms in total. The first kappa shape index (κ1) is 22.6. The Morgan fingerprint density at radius 3 is 2.06 bits per heavy atom. The molecule has 0 N–H and O–H groups in total. The summed E-state index contributed by atoms with van der Waals surface area (Å²) in [6.45, 7) is 7.83. The van der Waals surface area contributed by atoms with Gasteiger partial charge in [0.2, 0.25) is 5.91 Å². The van der Waals surface area contributed by atoms with Gasteiger partial charge in [-0.3, -0.25) is 9.59 Å². The number of piperazine rings is 1. The molecule has 1 aromatic heterocycles. The Kier molecular flexibility index (Phi) is 6.22. The molecule has 1 aliphatic rings. The van der Waals surface area contributed by atoms with Crippen LogP contribution in [-0.2, 0) is 4.79 Å². The SMILES string of the molecule is COc1ccc(-c2nn(-c3ccccc3)cc2C(=O)N2CCN(C(=O)C(C)(C)C)CC2)cc1. The number of aromatic nitrogens is 2. The summed E-state index contributed by atoms with van der Waals surface area (Å²) < 4.78 is 7.01. The first-order chi connectivity index (χ1) is 15.8.